The minimum atomic E-state index is -0.369. The number of carbonyl (C=O) groups excluding carboxylic acids is 2. The number of aliphatic imine (C=N–C) groups is 2. The largest absolute Gasteiger partial charge is 0.370 e. The molecule has 222 valence electrons. The van der Waals surface area contributed by atoms with Gasteiger partial charge in [0.05, 0.1) is 0 Å². The molecule has 42 heavy (non-hydrogen) atoms. The summed E-state index contributed by atoms with van der Waals surface area (Å²) in [6.07, 6.45) is 4.37. The van der Waals surface area contributed by atoms with E-state index in [0.29, 0.717) is 22.7 Å². The van der Waals surface area contributed by atoms with Crippen molar-refractivity contribution in [3.8, 4) is 0 Å². The van der Waals surface area contributed by atoms with Crippen molar-refractivity contribution in [3.05, 3.63) is 83.9 Å². The molecule has 0 spiro atoms. The zero-order valence-corrected chi connectivity index (χ0v) is 24.9. The van der Waals surface area contributed by atoms with Crippen LogP contribution in [0.3, 0.4) is 0 Å². The minimum Gasteiger partial charge on any atom is -0.370 e. The third-order valence-electron chi connectivity index (χ3n) is 6.33. The normalized spacial score (nSPS) is 11.4. The molecule has 0 heterocycles. The lowest BCUT2D eigenvalue weighted by molar-refractivity contribution is 0.261. The summed E-state index contributed by atoms with van der Waals surface area (Å²) >= 11 is 0. The Balaban J connectivity index is 1.46. The van der Waals surface area contributed by atoms with Gasteiger partial charge in [-0.25, -0.2) is 9.59 Å². The number of benzene rings is 3. The second-order valence-electron chi connectivity index (χ2n) is 9.60. The summed E-state index contributed by atoms with van der Waals surface area (Å²) in [6.45, 7) is 6.03. The molecule has 0 unspecified atom stereocenters. The molecule has 4 amide bonds. The van der Waals surface area contributed by atoms with Crippen LogP contribution in [0.2, 0.25) is 0 Å². The number of nitrogens with zero attached hydrogens (tertiary/aromatic N) is 2. The van der Waals surface area contributed by atoms with Gasteiger partial charge in [-0.3, -0.25) is 9.98 Å². The summed E-state index contributed by atoms with van der Waals surface area (Å²) in [5, 5.41) is 17.9. The van der Waals surface area contributed by atoms with E-state index in [0.717, 1.165) is 61.6 Å². The van der Waals surface area contributed by atoms with Gasteiger partial charge >= 0.3 is 12.1 Å². The molecule has 0 aromatic heterocycles. The van der Waals surface area contributed by atoms with E-state index in [1.54, 1.807) is 38.4 Å². The highest BCUT2D eigenvalue weighted by Gasteiger charge is 2.08. The van der Waals surface area contributed by atoms with Crippen LogP contribution in [-0.4, -0.2) is 50.9 Å². The number of nitrogens with one attached hydrogen (secondary N) is 6. The maximum Gasteiger partial charge on any atom is 0.323 e. The quantitative estimate of drug-likeness (QED) is 0.0842. The van der Waals surface area contributed by atoms with Crippen LogP contribution in [0, 0.1) is 0 Å². The van der Waals surface area contributed by atoms with Crippen molar-refractivity contribution in [3.63, 3.8) is 0 Å². The van der Waals surface area contributed by atoms with Gasteiger partial charge in [0, 0.05) is 61.1 Å². The maximum atomic E-state index is 12.5. The molecule has 6 N–H and O–H groups in total. The standard InChI is InChI=1S/C32H42N8O2/c1-5-7-21-35-29(33-3)23-9-13-25(14-10-23)37-31(41)39-27-17-19-28(20-18-27)40-32(42)38-26-15-11-24(12-16-26)30(34-4)36-22-8-6-2/h9-20H,5-8,21-22H2,1-4H3,(H,33,35)(H,34,36)(H2,37,39,41)(H2,38,40,42). The van der Waals surface area contributed by atoms with Gasteiger partial charge in [-0.2, -0.15) is 0 Å². The molecule has 10 heteroatoms. The highest BCUT2D eigenvalue weighted by Crippen LogP contribution is 2.16. The number of carbonyl (C=O) groups is 2. The van der Waals surface area contributed by atoms with Gasteiger partial charge in [-0.15, -0.1) is 0 Å². The second-order valence-corrected chi connectivity index (χ2v) is 9.60. The average molecular weight is 571 g/mol. The monoisotopic (exact) mass is 570 g/mol. The average Bonchev–Trinajstić information content (AvgIpc) is 3.00. The van der Waals surface area contributed by atoms with Gasteiger partial charge in [-0.1, -0.05) is 26.7 Å². The van der Waals surface area contributed by atoms with Crippen molar-refractivity contribution < 1.29 is 9.59 Å². The van der Waals surface area contributed by atoms with Crippen LogP contribution in [0.25, 0.3) is 0 Å². The molecular weight excluding hydrogens is 528 g/mol. The summed E-state index contributed by atoms with van der Waals surface area (Å²) in [4.78, 5) is 33.6. The van der Waals surface area contributed by atoms with Crippen LogP contribution in [-0.2, 0) is 0 Å². The molecule has 0 bridgehead atoms. The van der Waals surface area contributed by atoms with Gasteiger partial charge in [0.1, 0.15) is 11.7 Å². The number of hydrogen-bond acceptors (Lipinski definition) is 4. The fourth-order valence-corrected chi connectivity index (χ4v) is 4.03. The predicted octanol–water partition coefficient (Wildman–Crippen LogP) is 6.51. The smallest absolute Gasteiger partial charge is 0.323 e. The van der Waals surface area contributed by atoms with Crippen LogP contribution in [0.15, 0.2) is 82.8 Å². The molecule has 0 aliphatic heterocycles. The first-order chi connectivity index (χ1) is 20.4. The first-order valence-corrected chi connectivity index (χ1v) is 14.3. The Kier molecular flexibility index (Phi) is 12.9. The van der Waals surface area contributed by atoms with Gasteiger partial charge in [0.15, 0.2) is 0 Å². The number of unbranched alkanes of at least 4 members (excludes halogenated alkanes) is 2. The summed E-state index contributed by atoms with van der Waals surface area (Å²) in [6, 6.07) is 21.1. The molecular formula is C32H42N8O2. The molecule has 3 aromatic rings. The molecule has 10 nitrogen and oxygen atoms in total. The molecule has 0 saturated heterocycles. The third-order valence-corrected chi connectivity index (χ3v) is 6.33. The molecule has 0 saturated carbocycles. The Morgan fingerprint density at radius 2 is 0.810 bits per heavy atom. The van der Waals surface area contributed by atoms with Crippen molar-refractivity contribution in [1.82, 2.24) is 10.6 Å². The summed E-state index contributed by atoms with van der Waals surface area (Å²) in [5.74, 6) is 1.65. The number of amidine groups is 2. The molecule has 0 fully saturated rings. The van der Waals surface area contributed by atoms with Crippen molar-refractivity contribution >= 4 is 46.5 Å². The van der Waals surface area contributed by atoms with Crippen molar-refractivity contribution in [2.45, 2.75) is 39.5 Å². The van der Waals surface area contributed by atoms with E-state index in [1.165, 1.54) is 0 Å². The van der Waals surface area contributed by atoms with Crippen LogP contribution >= 0.6 is 0 Å². The zero-order valence-electron chi connectivity index (χ0n) is 24.9. The molecule has 0 aliphatic rings. The number of hydrogen-bond donors (Lipinski definition) is 6. The number of anilines is 4. The third kappa shape index (κ3) is 10.3. The SMILES string of the molecule is CCCCNC(=NC)c1ccc(NC(=O)Nc2ccc(NC(=O)Nc3ccc(C(=NC)NCCCC)cc3)cc2)cc1. The van der Waals surface area contributed by atoms with Crippen LogP contribution < -0.4 is 31.9 Å². The van der Waals surface area contributed by atoms with Crippen LogP contribution in [0.4, 0.5) is 32.3 Å². The summed E-state index contributed by atoms with van der Waals surface area (Å²) < 4.78 is 0. The van der Waals surface area contributed by atoms with E-state index in [1.807, 2.05) is 48.5 Å². The number of rotatable bonds is 12. The molecule has 3 aromatic carbocycles. The topological polar surface area (TPSA) is 131 Å². The van der Waals surface area contributed by atoms with E-state index in [9.17, 15) is 9.59 Å². The highest BCUT2D eigenvalue weighted by molar-refractivity contribution is 6.03. The van der Waals surface area contributed by atoms with Crippen molar-refractivity contribution in [1.29, 1.82) is 0 Å². The first-order valence-electron chi connectivity index (χ1n) is 14.3. The van der Waals surface area contributed by atoms with E-state index >= 15 is 0 Å². The maximum absolute atomic E-state index is 12.5. The summed E-state index contributed by atoms with van der Waals surface area (Å²) in [5.41, 5.74) is 4.42. The number of urea groups is 2. The Bertz CT molecular complexity index is 1230. The van der Waals surface area contributed by atoms with Gasteiger partial charge in [-0.05, 0) is 85.6 Å². The van der Waals surface area contributed by atoms with E-state index in [-0.39, 0.29) is 12.1 Å². The van der Waals surface area contributed by atoms with Crippen LogP contribution in [0.1, 0.15) is 50.7 Å². The van der Waals surface area contributed by atoms with Crippen molar-refractivity contribution in [2.24, 2.45) is 9.98 Å². The van der Waals surface area contributed by atoms with E-state index in [2.05, 4.69) is 55.7 Å². The van der Waals surface area contributed by atoms with Crippen LogP contribution in [0.5, 0.6) is 0 Å². The second kappa shape index (κ2) is 17.1. The van der Waals surface area contributed by atoms with E-state index in [4.69, 9.17) is 0 Å². The molecule has 0 atom stereocenters. The van der Waals surface area contributed by atoms with Gasteiger partial charge < -0.3 is 31.9 Å². The molecule has 0 radical (unpaired) electrons. The first kappa shape index (κ1) is 31.7. The molecule has 0 aliphatic carbocycles. The highest BCUT2D eigenvalue weighted by atomic mass is 16.2. The summed E-state index contributed by atoms with van der Waals surface area (Å²) in [7, 11) is 3.51. The Labute approximate surface area is 248 Å². The fourth-order valence-electron chi connectivity index (χ4n) is 4.03. The minimum absolute atomic E-state index is 0.369. The lowest BCUT2D eigenvalue weighted by Crippen LogP contribution is -2.25. The van der Waals surface area contributed by atoms with Gasteiger partial charge in [0.25, 0.3) is 0 Å². The van der Waals surface area contributed by atoms with E-state index < -0.39 is 0 Å². The Hall–Kier alpha value is -4.86. The number of amides is 4. The lowest BCUT2D eigenvalue weighted by atomic mass is 10.2. The Morgan fingerprint density at radius 1 is 0.524 bits per heavy atom. The zero-order chi connectivity index (χ0) is 30.2. The van der Waals surface area contributed by atoms with Gasteiger partial charge in [0.2, 0.25) is 0 Å². The lowest BCUT2D eigenvalue weighted by Gasteiger charge is -2.12. The van der Waals surface area contributed by atoms with Crippen molar-refractivity contribution in [2.75, 3.05) is 48.5 Å². The fraction of sp³-hybridized carbons (Fsp3) is 0.312. The molecule has 3 rings (SSSR count). The Morgan fingerprint density at radius 3 is 1.07 bits per heavy atom. The predicted molar refractivity (Wildman–Crippen MR) is 175 cm³/mol.